The van der Waals surface area contributed by atoms with Crippen molar-refractivity contribution in [3.8, 4) is 0 Å². The zero-order valence-electron chi connectivity index (χ0n) is 7.44. The molecule has 0 fully saturated rings. The average Bonchev–Trinajstić information content (AvgIpc) is 2.60. The summed E-state index contributed by atoms with van der Waals surface area (Å²) >= 11 is 4.43. The second kappa shape index (κ2) is 5.24. The van der Waals surface area contributed by atoms with Crippen LogP contribution in [0.3, 0.4) is 0 Å². The van der Waals surface area contributed by atoms with Crippen LogP contribution < -0.4 is 5.32 Å². The Morgan fingerprint density at radius 1 is 1.53 bits per heavy atom. The predicted octanol–water partition coefficient (Wildman–Crippen LogP) is 0.686. The molecule has 1 heterocycles. The number of aliphatic carboxylic acids is 1. The van der Waals surface area contributed by atoms with Crippen molar-refractivity contribution in [1.29, 1.82) is 0 Å². The summed E-state index contributed by atoms with van der Waals surface area (Å²) in [6.45, 7) is -0.302. The summed E-state index contributed by atoms with van der Waals surface area (Å²) in [5.41, 5.74) is 0. The maximum atomic E-state index is 11.4. The molecule has 0 aliphatic rings. The van der Waals surface area contributed by atoms with Crippen LogP contribution in [0, 0.1) is 0 Å². The second-order valence-corrected chi connectivity index (χ2v) is 5.13. The molecule has 1 amide bonds. The van der Waals surface area contributed by atoms with Gasteiger partial charge in [0.15, 0.2) is 6.10 Å². The zero-order valence-corrected chi connectivity index (χ0v) is 9.84. The number of aliphatic hydroxyl groups is 1. The van der Waals surface area contributed by atoms with Gasteiger partial charge in [-0.05, 0) is 28.1 Å². The van der Waals surface area contributed by atoms with Crippen molar-refractivity contribution in [3.05, 3.63) is 20.8 Å². The number of amides is 1. The van der Waals surface area contributed by atoms with E-state index in [1.807, 2.05) is 0 Å². The number of carboxylic acids is 1. The van der Waals surface area contributed by atoms with Gasteiger partial charge in [0.1, 0.15) is 0 Å². The summed E-state index contributed by atoms with van der Waals surface area (Å²) < 4.78 is 0.812. The maximum absolute atomic E-state index is 11.4. The molecule has 0 saturated heterocycles. The molecule has 1 aromatic heterocycles. The standard InChI is InChI=1S/C8H8BrNO4S/c9-6-2-1-5(15-6)7(12)10-3-4(11)8(13)14/h1-2,4,11H,3H2,(H,10,12)(H,13,14). The third-order valence-corrected chi connectivity index (χ3v) is 3.16. The van der Waals surface area contributed by atoms with E-state index in [9.17, 15) is 9.59 Å². The molecule has 1 rings (SSSR count). The number of rotatable bonds is 4. The van der Waals surface area contributed by atoms with Crippen LogP contribution in [0.25, 0.3) is 0 Å². The van der Waals surface area contributed by atoms with Gasteiger partial charge in [0.25, 0.3) is 5.91 Å². The Labute approximate surface area is 97.9 Å². The van der Waals surface area contributed by atoms with Crippen LogP contribution >= 0.6 is 27.3 Å². The first-order valence-electron chi connectivity index (χ1n) is 3.95. The number of nitrogens with one attached hydrogen (secondary N) is 1. The number of carboxylic acid groups (broad SMARTS) is 1. The van der Waals surface area contributed by atoms with E-state index in [4.69, 9.17) is 10.2 Å². The number of halogens is 1. The number of hydrogen-bond acceptors (Lipinski definition) is 4. The Morgan fingerprint density at radius 3 is 2.67 bits per heavy atom. The minimum atomic E-state index is -1.57. The Bertz CT molecular complexity index is 378. The lowest BCUT2D eigenvalue weighted by molar-refractivity contribution is -0.146. The van der Waals surface area contributed by atoms with E-state index >= 15 is 0 Å². The Hall–Kier alpha value is -0.920. The van der Waals surface area contributed by atoms with Crippen molar-refractivity contribution in [1.82, 2.24) is 5.32 Å². The first kappa shape index (κ1) is 12.2. The lowest BCUT2D eigenvalue weighted by Gasteiger charge is -2.05. The van der Waals surface area contributed by atoms with Gasteiger partial charge in [-0.2, -0.15) is 0 Å². The molecular formula is C8H8BrNO4S. The highest BCUT2D eigenvalue weighted by atomic mass is 79.9. The van der Waals surface area contributed by atoms with Crippen molar-refractivity contribution >= 4 is 39.1 Å². The molecule has 5 nitrogen and oxygen atoms in total. The monoisotopic (exact) mass is 293 g/mol. The summed E-state index contributed by atoms with van der Waals surface area (Å²) in [5.74, 6) is -1.76. The van der Waals surface area contributed by atoms with E-state index in [2.05, 4.69) is 21.2 Å². The third kappa shape index (κ3) is 3.61. The van der Waals surface area contributed by atoms with E-state index in [0.29, 0.717) is 4.88 Å². The highest BCUT2D eigenvalue weighted by molar-refractivity contribution is 9.11. The maximum Gasteiger partial charge on any atom is 0.334 e. The highest BCUT2D eigenvalue weighted by Crippen LogP contribution is 2.21. The van der Waals surface area contributed by atoms with Gasteiger partial charge in [-0.1, -0.05) is 0 Å². The minimum Gasteiger partial charge on any atom is -0.479 e. The van der Waals surface area contributed by atoms with Crippen molar-refractivity contribution < 1.29 is 19.8 Å². The van der Waals surface area contributed by atoms with Gasteiger partial charge in [0.05, 0.1) is 15.2 Å². The van der Waals surface area contributed by atoms with Crippen molar-refractivity contribution in [2.75, 3.05) is 6.54 Å². The fourth-order valence-electron chi connectivity index (χ4n) is 0.800. The molecule has 0 spiro atoms. The van der Waals surface area contributed by atoms with Crippen LogP contribution in [0.4, 0.5) is 0 Å². The molecule has 1 atom stereocenters. The van der Waals surface area contributed by atoms with Gasteiger partial charge >= 0.3 is 5.97 Å². The molecule has 0 bridgehead atoms. The largest absolute Gasteiger partial charge is 0.479 e. The lowest BCUT2D eigenvalue weighted by atomic mass is 10.3. The van der Waals surface area contributed by atoms with Gasteiger partial charge in [-0.3, -0.25) is 4.79 Å². The molecule has 15 heavy (non-hydrogen) atoms. The normalized spacial score (nSPS) is 12.1. The molecule has 3 N–H and O–H groups in total. The molecule has 0 aliphatic heterocycles. The summed E-state index contributed by atoms with van der Waals surface area (Å²) in [6, 6.07) is 3.32. The number of thiophene rings is 1. The molecule has 1 aromatic rings. The molecule has 7 heteroatoms. The number of aliphatic hydroxyl groups excluding tert-OH is 1. The molecule has 0 saturated carbocycles. The minimum absolute atomic E-state index is 0.302. The lowest BCUT2D eigenvalue weighted by Crippen LogP contribution is -2.36. The van der Waals surface area contributed by atoms with Gasteiger partial charge in [-0.15, -0.1) is 11.3 Å². The van der Waals surface area contributed by atoms with Gasteiger partial charge in [0.2, 0.25) is 0 Å². The van der Waals surface area contributed by atoms with Gasteiger partial charge in [0, 0.05) is 0 Å². The fraction of sp³-hybridized carbons (Fsp3) is 0.250. The summed E-state index contributed by atoms with van der Waals surface area (Å²) in [4.78, 5) is 22.1. The Balaban J connectivity index is 2.47. The molecule has 0 radical (unpaired) electrons. The van der Waals surface area contributed by atoms with Crippen LogP contribution in [-0.4, -0.2) is 34.7 Å². The van der Waals surface area contributed by atoms with Crippen LogP contribution in [0.1, 0.15) is 9.67 Å². The highest BCUT2D eigenvalue weighted by Gasteiger charge is 2.15. The summed E-state index contributed by atoms with van der Waals surface area (Å²) in [7, 11) is 0. The third-order valence-electron chi connectivity index (χ3n) is 1.54. The molecule has 82 valence electrons. The molecule has 0 aliphatic carbocycles. The SMILES string of the molecule is O=C(NCC(O)C(=O)O)c1ccc(Br)s1. The average molecular weight is 294 g/mol. The zero-order chi connectivity index (χ0) is 11.4. The van der Waals surface area contributed by atoms with E-state index in [1.54, 1.807) is 12.1 Å². The first-order chi connectivity index (χ1) is 7.00. The molecule has 0 aromatic carbocycles. The van der Waals surface area contributed by atoms with Crippen LogP contribution in [0.5, 0.6) is 0 Å². The summed E-state index contributed by atoms with van der Waals surface area (Å²) in [6.07, 6.45) is -1.57. The van der Waals surface area contributed by atoms with Gasteiger partial charge in [-0.25, -0.2) is 4.79 Å². The Morgan fingerprint density at radius 2 is 2.20 bits per heavy atom. The van der Waals surface area contributed by atoms with E-state index in [1.165, 1.54) is 11.3 Å². The van der Waals surface area contributed by atoms with Crippen molar-refractivity contribution in [3.63, 3.8) is 0 Å². The first-order valence-corrected chi connectivity index (χ1v) is 5.56. The van der Waals surface area contributed by atoms with E-state index in [-0.39, 0.29) is 6.54 Å². The van der Waals surface area contributed by atoms with Crippen molar-refractivity contribution in [2.45, 2.75) is 6.10 Å². The van der Waals surface area contributed by atoms with Gasteiger partial charge < -0.3 is 15.5 Å². The molecular weight excluding hydrogens is 286 g/mol. The van der Waals surface area contributed by atoms with Crippen LogP contribution in [-0.2, 0) is 4.79 Å². The smallest absolute Gasteiger partial charge is 0.334 e. The topological polar surface area (TPSA) is 86.6 Å². The van der Waals surface area contributed by atoms with Crippen molar-refractivity contribution in [2.24, 2.45) is 0 Å². The number of carbonyl (C=O) groups excluding carboxylic acids is 1. The predicted molar refractivity (Wildman–Crippen MR) is 58.0 cm³/mol. The summed E-state index contributed by atoms with van der Waals surface area (Å²) in [5, 5.41) is 19.6. The number of hydrogen-bond donors (Lipinski definition) is 3. The second-order valence-electron chi connectivity index (χ2n) is 2.67. The number of carbonyl (C=O) groups is 2. The molecule has 1 unspecified atom stereocenters. The van der Waals surface area contributed by atoms with Crippen LogP contribution in [0.15, 0.2) is 15.9 Å². The van der Waals surface area contributed by atoms with E-state index in [0.717, 1.165) is 3.79 Å². The van der Waals surface area contributed by atoms with Crippen LogP contribution in [0.2, 0.25) is 0 Å². The Kier molecular flexibility index (Phi) is 4.25. The fourth-order valence-corrected chi connectivity index (χ4v) is 2.10. The quantitative estimate of drug-likeness (QED) is 0.762. The van der Waals surface area contributed by atoms with E-state index < -0.39 is 18.0 Å².